The van der Waals surface area contributed by atoms with Crippen LogP contribution in [0, 0.1) is 0 Å². The van der Waals surface area contributed by atoms with Crippen LogP contribution in [0.25, 0.3) is 16.6 Å². The zero-order valence-corrected chi connectivity index (χ0v) is 14.2. The van der Waals surface area contributed by atoms with E-state index in [9.17, 15) is 4.79 Å². The minimum absolute atomic E-state index is 0.123. The van der Waals surface area contributed by atoms with Crippen LogP contribution in [0.15, 0.2) is 36.8 Å². The molecule has 1 aromatic carbocycles. The maximum atomic E-state index is 12.1. The molecule has 3 aromatic rings. The Balaban J connectivity index is 1.88. The number of fused-ring (bicyclic) bond motifs is 1. The Morgan fingerprint density at radius 1 is 1.35 bits per heavy atom. The van der Waals surface area contributed by atoms with E-state index < -0.39 is 0 Å². The molecule has 0 aliphatic heterocycles. The van der Waals surface area contributed by atoms with Crippen molar-refractivity contribution in [1.82, 2.24) is 19.6 Å². The van der Waals surface area contributed by atoms with Gasteiger partial charge in [-0.1, -0.05) is 0 Å². The van der Waals surface area contributed by atoms with Crippen LogP contribution in [-0.4, -0.2) is 44.5 Å². The highest BCUT2D eigenvalue weighted by Crippen LogP contribution is 2.22. The van der Waals surface area contributed by atoms with Gasteiger partial charge in [0.15, 0.2) is 0 Å². The minimum atomic E-state index is 0.123. The number of carbonyl (C=O) groups excluding carboxylic acids is 1. The summed E-state index contributed by atoms with van der Waals surface area (Å²) in [7, 11) is 3.69. The number of rotatable bonds is 5. The number of hydrogen-bond donors (Lipinski definition) is 0. The third-order valence-corrected chi connectivity index (χ3v) is 4.34. The van der Waals surface area contributed by atoms with E-state index >= 15 is 0 Å². The Kier molecular flexibility index (Phi) is 4.38. The number of thioether (sulfide) groups is 1. The largest absolute Gasteiger partial charge is 0.315 e. The van der Waals surface area contributed by atoms with Gasteiger partial charge >= 0.3 is 0 Å². The number of hydrogen-bond acceptors (Lipinski definition) is 4. The van der Waals surface area contributed by atoms with Crippen molar-refractivity contribution < 1.29 is 4.79 Å². The van der Waals surface area contributed by atoms with Crippen molar-refractivity contribution in [3.8, 4) is 5.69 Å². The first-order valence-corrected chi connectivity index (χ1v) is 8.72. The Labute approximate surface area is 139 Å². The van der Waals surface area contributed by atoms with E-state index in [4.69, 9.17) is 0 Å². The second kappa shape index (κ2) is 6.45. The molecule has 0 saturated carbocycles. The molecule has 0 unspecified atom stereocenters. The Morgan fingerprint density at radius 3 is 2.87 bits per heavy atom. The standard InChI is InChI=1S/C16H19N5OS/c1-19-11-14(9-17-19)21-10-12-8-13(4-5-15(12)18-21)20(2)16(22)6-7-23-3/h4-5,8-11H,6-7H2,1-3H3. The molecule has 0 fully saturated rings. The maximum absolute atomic E-state index is 12.1. The molecule has 0 aliphatic rings. The molecule has 2 heterocycles. The van der Waals surface area contributed by atoms with Crippen molar-refractivity contribution in [2.24, 2.45) is 7.05 Å². The van der Waals surface area contributed by atoms with Gasteiger partial charge in [-0.05, 0) is 24.5 Å². The summed E-state index contributed by atoms with van der Waals surface area (Å²) in [5, 5.41) is 9.71. The van der Waals surface area contributed by atoms with Gasteiger partial charge in [0.05, 0.1) is 17.9 Å². The number of benzene rings is 1. The molecule has 6 nitrogen and oxygen atoms in total. The zero-order valence-electron chi connectivity index (χ0n) is 13.4. The quantitative estimate of drug-likeness (QED) is 0.721. The summed E-state index contributed by atoms with van der Waals surface area (Å²) in [6.45, 7) is 0. The van der Waals surface area contributed by atoms with Gasteiger partial charge in [0.1, 0.15) is 5.69 Å². The number of anilines is 1. The molecule has 0 radical (unpaired) electrons. The van der Waals surface area contributed by atoms with Crippen molar-refractivity contribution in [3.05, 3.63) is 36.8 Å². The molecular weight excluding hydrogens is 310 g/mol. The lowest BCUT2D eigenvalue weighted by Crippen LogP contribution is -2.26. The van der Waals surface area contributed by atoms with Crippen molar-refractivity contribution in [2.75, 3.05) is 24.0 Å². The molecule has 2 aromatic heterocycles. The van der Waals surface area contributed by atoms with Crippen molar-refractivity contribution in [2.45, 2.75) is 6.42 Å². The predicted molar refractivity (Wildman–Crippen MR) is 94.2 cm³/mol. The molecule has 1 amide bonds. The van der Waals surface area contributed by atoms with Crippen molar-refractivity contribution >= 4 is 34.3 Å². The first-order valence-electron chi connectivity index (χ1n) is 7.32. The molecule has 0 aliphatic carbocycles. The Hall–Kier alpha value is -2.28. The molecule has 0 saturated heterocycles. The van der Waals surface area contributed by atoms with Crippen LogP contribution in [0.5, 0.6) is 0 Å². The maximum Gasteiger partial charge on any atom is 0.227 e. The third-order valence-electron chi connectivity index (χ3n) is 3.73. The van der Waals surface area contributed by atoms with E-state index in [2.05, 4.69) is 10.2 Å². The van der Waals surface area contributed by atoms with E-state index in [0.717, 1.165) is 28.0 Å². The summed E-state index contributed by atoms with van der Waals surface area (Å²) >= 11 is 1.68. The van der Waals surface area contributed by atoms with E-state index in [1.807, 2.05) is 50.9 Å². The van der Waals surface area contributed by atoms with E-state index in [1.165, 1.54) is 0 Å². The predicted octanol–water partition coefficient (Wildman–Crippen LogP) is 2.47. The number of carbonyl (C=O) groups is 1. The highest BCUT2D eigenvalue weighted by Gasteiger charge is 2.12. The number of aromatic nitrogens is 4. The average Bonchev–Trinajstić information content (AvgIpc) is 3.16. The summed E-state index contributed by atoms with van der Waals surface area (Å²) < 4.78 is 3.54. The fourth-order valence-corrected chi connectivity index (χ4v) is 2.76. The van der Waals surface area contributed by atoms with E-state index in [-0.39, 0.29) is 5.91 Å². The lowest BCUT2D eigenvalue weighted by molar-refractivity contribution is -0.117. The fourth-order valence-electron chi connectivity index (χ4n) is 2.38. The van der Waals surface area contributed by atoms with Crippen LogP contribution >= 0.6 is 11.8 Å². The van der Waals surface area contributed by atoms with Gasteiger partial charge in [-0.25, -0.2) is 4.68 Å². The molecule has 0 spiro atoms. The molecule has 7 heteroatoms. The van der Waals surface area contributed by atoms with Gasteiger partial charge in [-0.2, -0.15) is 22.0 Å². The van der Waals surface area contributed by atoms with Gasteiger partial charge in [0.2, 0.25) is 5.91 Å². The molecule has 0 N–H and O–H groups in total. The van der Waals surface area contributed by atoms with Crippen LogP contribution in [-0.2, 0) is 11.8 Å². The molecule has 120 valence electrons. The summed E-state index contributed by atoms with van der Waals surface area (Å²) in [5.74, 6) is 0.961. The number of aryl methyl sites for hydroxylation is 1. The SMILES string of the molecule is CSCCC(=O)N(C)c1ccc2nn(-c3cnn(C)c3)cc2c1. The smallest absolute Gasteiger partial charge is 0.227 e. The van der Waals surface area contributed by atoms with Gasteiger partial charge in [-0.3, -0.25) is 9.48 Å². The first-order chi connectivity index (χ1) is 11.1. The summed E-state index contributed by atoms with van der Waals surface area (Å²) in [4.78, 5) is 13.9. The lowest BCUT2D eigenvalue weighted by atomic mass is 10.2. The van der Waals surface area contributed by atoms with Crippen LogP contribution in [0.4, 0.5) is 5.69 Å². The van der Waals surface area contributed by atoms with Gasteiger partial charge in [0, 0.05) is 43.5 Å². The zero-order chi connectivity index (χ0) is 16.4. The molecular formula is C16H19N5OS. The molecule has 23 heavy (non-hydrogen) atoms. The van der Waals surface area contributed by atoms with Crippen LogP contribution in [0.3, 0.4) is 0 Å². The molecule has 0 bridgehead atoms. The van der Waals surface area contributed by atoms with Crippen molar-refractivity contribution in [3.63, 3.8) is 0 Å². The first kappa shape index (κ1) is 15.6. The summed E-state index contributed by atoms with van der Waals surface area (Å²) in [6.07, 6.45) is 8.18. The van der Waals surface area contributed by atoms with Crippen LogP contribution in [0.1, 0.15) is 6.42 Å². The highest BCUT2D eigenvalue weighted by molar-refractivity contribution is 7.98. The number of nitrogens with zero attached hydrogens (tertiary/aromatic N) is 5. The van der Waals surface area contributed by atoms with Gasteiger partial charge in [-0.15, -0.1) is 0 Å². The lowest BCUT2D eigenvalue weighted by Gasteiger charge is -2.17. The van der Waals surface area contributed by atoms with Crippen LogP contribution < -0.4 is 4.90 Å². The number of amides is 1. The summed E-state index contributed by atoms with van der Waals surface area (Å²) in [6, 6.07) is 5.86. The van der Waals surface area contributed by atoms with Gasteiger partial charge < -0.3 is 4.90 Å². The molecule has 3 rings (SSSR count). The monoisotopic (exact) mass is 329 g/mol. The van der Waals surface area contributed by atoms with Crippen molar-refractivity contribution in [1.29, 1.82) is 0 Å². The second-order valence-corrected chi connectivity index (χ2v) is 6.37. The Bertz CT molecular complexity index is 838. The highest BCUT2D eigenvalue weighted by atomic mass is 32.2. The second-order valence-electron chi connectivity index (χ2n) is 5.38. The van der Waals surface area contributed by atoms with Gasteiger partial charge in [0.25, 0.3) is 0 Å². The average molecular weight is 329 g/mol. The minimum Gasteiger partial charge on any atom is -0.315 e. The Morgan fingerprint density at radius 2 is 2.17 bits per heavy atom. The van der Waals surface area contributed by atoms with Crippen LogP contribution in [0.2, 0.25) is 0 Å². The van der Waals surface area contributed by atoms with E-state index in [0.29, 0.717) is 6.42 Å². The molecule has 0 atom stereocenters. The summed E-state index contributed by atoms with van der Waals surface area (Å²) in [5.41, 5.74) is 2.69. The fraction of sp³-hybridized carbons (Fsp3) is 0.312. The van der Waals surface area contributed by atoms with E-state index in [1.54, 1.807) is 32.2 Å². The third kappa shape index (κ3) is 3.24. The topological polar surface area (TPSA) is 56.0 Å². The normalized spacial score (nSPS) is 11.1.